The van der Waals surface area contributed by atoms with Crippen molar-refractivity contribution in [3.63, 3.8) is 0 Å². The Balaban J connectivity index is 2.66. The molecule has 120 valence electrons. The molecule has 5 nitrogen and oxygen atoms in total. The maximum atomic E-state index is 11.1. The van der Waals surface area contributed by atoms with Crippen LogP contribution in [-0.2, 0) is 16.4 Å². The lowest BCUT2D eigenvalue weighted by molar-refractivity contribution is 0.299. The number of rotatable bonds is 10. The van der Waals surface area contributed by atoms with Gasteiger partial charge in [0, 0.05) is 24.4 Å². The van der Waals surface area contributed by atoms with Crippen molar-refractivity contribution in [3.05, 3.63) is 23.8 Å². The van der Waals surface area contributed by atoms with Crippen LogP contribution >= 0.6 is 0 Å². The van der Waals surface area contributed by atoms with E-state index in [9.17, 15) is 8.42 Å². The second kappa shape index (κ2) is 8.89. The van der Waals surface area contributed by atoms with Crippen molar-refractivity contribution in [1.82, 2.24) is 5.32 Å². The van der Waals surface area contributed by atoms with Crippen molar-refractivity contribution in [2.24, 2.45) is 0 Å². The molecule has 0 bridgehead atoms. The summed E-state index contributed by atoms with van der Waals surface area (Å²) < 4.78 is 33.5. The highest BCUT2D eigenvalue weighted by Gasteiger charge is 2.07. The summed E-state index contributed by atoms with van der Waals surface area (Å²) >= 11 is 0. The Morgan fingerprint density at radius 1 is 1.19 bits per heavy atom. The Bertz CT molecular complexity index is 528. The van der Waals surface area contributed by atoms with Gasteiger partial charge in [-0.2, -0.15) is 0 Å². The van der Waals surface area contributed by atoms with Crippen LogP contribution in [0.25, 0.3) is 0 Å². The highest BCUT2D eigenvalue weighted by atomic mass is 32.2. The molecule has 0 aliphatic rings. The second-order valence-electron chi connectivity index (χ2n) is 4.98. The largest absolute Gasteiger partial charge is 0.493 e. The molecule has 0 aliphatic heterocycles. The van der Waals surface area contributed by atoms with Gasteiger partial charge in [0.2, 0.25) is 0 Å². The third-order valence-electron chi connectivity index (χ3n) is 2.80. The molecular weight excluding hydrogens is 290 g/mol. The Morgan fingerprint density at radius 3 is 2.57 bits per heavy atom. The summed E-state index contributed by atoms with van der Waals surface area (Å²) in [4.78, 5) is 0. The quantitative estimate of drug-likeness (QED) is 0.669. The molecule has 0 saturated heterocycles. The van der Waals surface area contributed by atoms with E-state index < -0.39 is 9.84 Å². The molecule has 1 aromatic carbocycles. The van der Waals surface area contributed by atoms with Crippen molar-refractivity contribution >= 4 is 9.84 Å². The number of hydrogen-bond acceptors (Lipinski definition) is 5. The second-order valence-corrected chi connectivity index (χ2v) is 7.24. The molecular formula is C15H25NO4S. The van der Waals surface area contributed by atoms with Crippen LogP contribution in [0.2, 0.25) is 0 Å². The zero-order valence-electron chi connectivity index (χ0n) is 13.0. The van der Waals surface area contributed by atoms with E-state index in [1.807, 2.05) is 25.2 Å². The van der Waals surface area contributed by atoms with Crippen LogP contribution in [0.5, 0.6) is 11.5 Å². The summed E-state index contributed by atoms with van der Waals surface area (Å²) in [5, 5.41) is 3.08. The first kappa shape index (κ1) is 17.8. The first-order valence-electron chi connectivity index (χ1n) is 7.17. The zero-order chi connectivity index (χ0) is 15.7. The maximum absolute atomic E-state index is 11.1. The van der Waals surface area contributed by atoms with Crippen molar-refractivity contribution in [3.8, 4) is 11.5 Å². The summed E-state index contributed by atoms with van der Waals surface area (Å²) in [6.07, 6.45) is 2.67. The summed E-state index contributed by atoms with van der Waals surface area (Å²) in [5.74, 6) is 1.65. The van der Waals surface area contributed by atoms with E-state index in [2.05, 4.69) is 12.2 Å². The summed E-state index contributed by atoms with van der Waals surface area (Å²) in [7, 11) is -1.07. The van der Waals surface area contributed by atoms with Gasteiger partial charge in [0.15, 0.2) is 0 Å². The normalized spacial score (nSPS) is 11.4. The van der Waals surface area contributed by atoms with E-state index in [0.717, 1.165) is 23.5 Å². The lowest BCUT2D eigenvalue weighted by atomic mass is 10.2. The standard InChI is InChI=1S/C15H25NO4S/c1-4-8-19-14-7-6-13(12-16-2)15(11-14)20-9-5-10-21(3,17)18/h6-7,11,16H,4-5,8-10,12H2,1-3H3. The number of hydrogen-bond donors (Lipinski definition) is 1. The molecule has 0 radical (unpaired) electrons. The van der Waals surface area contributed by atoms with E-state index in [1.54, 1.807) is 0 Å². The first-order chi connectivity index (χ1) is 9.96. The smallest absolute Gasteiger partial charge is 0.147 e. The number of nitrogens with one attached hydrogen (secondary N) is 1. The molecule has 1 aromatic rings. The fraction of sp³-hybridized carbons (Fsp3) is 0.600. The van der Waals surface area contributed by atoms with Gasteiger partial charge in [-0.3, -0.25) is 0 Å². The Labute approximate surface area is 127 Å². The molecule has 0 spiro atoms. The third kappa shape index (κ3) is 7.34. The van der Waals surface area contributed by atoms with Gasteiger partial charge in [-0.25, -0.2) is 8.42 Å². The van der Waals surface area contributed by atoms with Crippen molar-refractivity contribution < 1.29 is 17.9 Å². The third-order valence-corrected chi connectivity index (χ3v) is 3.83. The Hall–Kier alpha value is -1.27. The number of ether oxygens (including phenoxy) is 2. The monoisotopic (exact) mass is 315 g/mol. The Morgan fingerprint density at radius 2 is 1.95 bits per heavy atom. The van der Waals surface area contributed by atoms with Gasteiger partial charge in [-0.05, 0) is 26.0 Å². The molecule has 21 heavy (non-hydrogen) atoms. The van der Waals surface area contributed by atoms with Crippen molar-refractivity contribution in [2.75, 3.05) is 32.3 Å². The molecule has 1 N–H and O–H groups in total. The predicted molar refractivity (Wildman–Crippen MR) is 84.8 cm³/mol. The van der Waals surface area contributed by atoms with E-state index in [-0.39, 0.29) is 5.75 Å². The lowest BCUT2D eigenvalue weighted by Crippen LogP contribution is -2.11. The van der Waals surface area contributed by atoms with Crippen LogP contribution in [0, 0.1) is 0 Å². The summed E-state index contributed by atoms with van der Waals surface area (Å²) in [6, 6.07) is 5.75. The Kier molecular flexibility index (Phi) is 7.53. The van der Waals surface area contributed by atoms with Crippen LogP contribution in [0.1, 0.15) is 25.3 Å². The van der Waals surface area contributed by atoms with E-state index in [1.165, 1.54) is 6.26 Å². The fourth-order valence-electron chi connectivity index (χ4n) is 1.82. The average Bonchev–Trinajstić information content (AvgIpc) is 2.42. The van der Waals surface area contributed by atoms with Gasteiger partial charge in [-0.15, -0.1) is 0 Å². The topological polar surface area (TPSA) is 64.6 Å². The van der Waals surface area contributed by atoms with Gasteiger partial charge >= 0.3 is 0 Å². The van der Waals surface area contributed by atoms with E-state index in [4.69, 9.17) is 9.47 Å². The summed E-state index contributed by atoms with van der Waals surface area (Å²) in [6.45, 7) is 3.79. The van der Waals surface area contributed by atoms with Gasteiger partial charge in [-0.1, -0.05) is 13.0 Å². The van der Waals surface area contributed by atoms with Crippen LogP contribution in [0.4, 0.5) is 0 Å². The average molecular weight is 315 g/mol. The van der Waals surface area contributed by atoms with E-state index >= 15 is 0 Å². The first-order valence-corrected chi connectivity index (χ1v) is 9.23. The molecule has 0 unspecified atom stereocenters. The molecule has 6 heteroatoms. The van der Waals surface area contributed by atoms with Gasteiger partial charge in [0.25, 0.3) is 0 Å². The highest BCUT2D eigenvalue weighted by Crippen LogP contribution is 2.25. The highest BCUT2D eigenvalue weighted by molar-refractivity contribution is 7.90. The minimum Gasteiger partial charge on any atom is -0.493 e. The number of sulfone groups is 1. The van der Waals surface area contributed by atoms with Crippen LogP contribution in [-0.4, -0.2) is 40.7 Å². The SMILES string of the molecule is CCCOc1ccc(CNC)c(OCCCS(C)(=O)=O)c1. The van der Waals surface area contributed by atoms with Crippen LogP contribution in [0.3, 0.4) is 0 Å². The number of benzene rings is 1. The lowest BCUT2D eigenvalue weighted by Gasteiger charge is -2.13. The molecule has 1 rings (SSSR count). The van der Waals surface area contributed by atoms with Gasteiger partial charge in [0.05, 0.1) is 19.0 Å². The van der Waals surface area contributed by atoms with Gasteiger partial charge in [0.1, 0.15) is 21.3 Å². The van der Waals surface area contributed by atoms with Gasteiger partial charge < -0.3 is 14.8 Å². The molecule has 0 aliphatic carbocycles. The molecule has 0 atom stereocenters. The van der Waals surface area contributed by atoms with Crippen LogP contribution in [0.15, 0.2) is 18.2 Å². The summed E-state index contributed by atoms with van der Waals surface area (Å²) in [5.41, 5.74) is 1.03. The molecule has 0 fully saturated rings. The zero-order valence-corrected chi connectivity index (χ0v) is 13.8. The molecule has 0 saturated carbocycles. The molecule has 0 amide bonds. The minimum atomic E-state index is -2.94. The maximum Gasteiger partial charge on any atom is 0.147 e. The molecule has 0 heterocycles. The van der Waals surface area contributed by atoms with Crippen LogP contribution < -0.4 is 14.8 Å². The van der Waals surface area contributed by atoms with E-state index in [0.29, 0.717) is 26.2 Å². The minimum absolute atomic E-state index is 0.139. The fourth-order valence-corrected chi connectivity index (χ4v) is 2.46. The van der Waals surface area contributed by atoms with Crippen molar-refractivity contribution in [1.29, 1.82) is 0 Å². The predicted octanol–water partition coefficient (Wildman–Crippen LogP) is 2.01. The van der Waals surface area contributed by atoms with Crippen molar-refractivity contribution in [2.45, 2.75) is 26.3 Å². The molecule has 0 aromatic heterocycles.